The molecule has 196 valence electrons. The zero-order chi connectivity index (χ0) is 27.1. The molecule has 1 unspecified atom stereocenters. The van der Waals surface area contributed by atoms with Crippen LogP contribution in [0.5, 0.6) is 0 Å². The second-order valence-corrected chi connectivity index (χ2v) is 10.9. The van der Waals surface area contributed by atoms with Crippen LogP contribution in [0.2, 0.25) is 0 Å². The van der Waals surface area contributed by atoms with Crippen LogP contribution in [0, 0.1) is 0 Å². The summed E-state index contributed by atoms with van der Waals surface area (Å²) in [6.45, 7) is 0. The van der Waals surface area contributed by atoms with E-state index in [1.807, 2.05) is 6.20 Å². The van der Waals surface area contributed by atoms with Crippen LogP contribution in [0.25, 0.3) is 65.9 Å². The fraction of sp³-hybridized carbons (Fsp3) is 0.0556. The van der Waals surface area contributed by atoms with Crippen LogP contribution in [0.3, 0.4) is 0 Å². The van der Waals surface area contributed by atoms with Crippen LogP contribution in [0.15, 0.2) is 134 Å². The lowest BCUT2D eigenvalue weighted by atomic mass is 10.1. The Morgan fingerprint density at radius 2 is 1.07 bits per heavy atom. The van der Waals surface area contributed by atoms with Crippen molar-refractivity contribution in [3.05, 3.63) is 134 Å². The van der Waals surface area contributed by atoms with E-state index >= 15 is 0 Å². The minimum absolute atomic E-state index is 0.0582. The van der Waals surface area contributed by atoms with Crippen molar-refractivity contribution < 1.29 is 0 Å². The Hall–Kier alpha value is -5.42. The second kappa shape index (κ2) is 8.29. The zero-order valence-electron chi connectivity index (χ0n) is 22.6. The third kappa shape index (κ3) is 3.11. The molecule has 1 aliphatic rings. The molecule has 1 aliphatic heterocycles. The summed E-state index contributed by atoms with van der Waals surface area (Å²) < 4.78 is 7.12. The van der Waals surface area contributed by atoms with Gasteiger partial charge in [-0.05, 0) is 53.9 Å². The van der Waals surface area contributed by atoms with Crippen molar-refractivity contribution in [3.63, 3.8) is 0 Å². The van der Waals surface area contributed by atoms with E-state index < -0.39 is 0 Å². The van der Waals surface area contributed by atoms with Crippen molar-refractivity contribution in [3.8, 4) is 11.4 Å². The molecule has 4 heterocycles. The Labute approximate surface area is 236 Å². The number of nitrogens with zero attached hydrogens (tertiary/aromatic N) is 4. The van der Waals surface area contributed by atoms with Gasteiger partial charge in [-0.1, -0.05) is 66.7 Å². The highest BCUT2D eigenvalue weighted by Crippen LogP contribution is 2.37. The quantitative estimate of drug-likeness (QED) is 0.250. The molecule has 3 aromatic heterocycles. The van der Waals surface area contributed by atoms with Crippen LogP contribution in [0.1, 0.15) is 6.29 Å². The molecule has 0 amide bonds. The molecule has 5 nitrogen and oxygen atoms in total. The number of nitrogens with one attached hydrogen (secondary N) is 1. The van der Waals surface area contributed by atoms with Crippen LogP contribution in [-0.4, -0.2) is 25.6 Å². The molecule has 0 saturated heterocycles. The second-order valence-electron chi connectivity index (χ2n) is 10.9. The molecule has 8 aromatic rings. The molecule has 1 atom stereocenters. The SMILES string of the molecule is CN1C=CNC1n1ccc2ccc(-n3c4ccccc4c4ccc(-n5c6ccccc6c6ccccc65)cc43)cc21. The molecule has 41 heavy (non-hydrogen) atoms. The van der Waals surface area contributed by atoms with Crippen LogP contribution < -0.4 is 5.32 Å². The molecule has 9 rings (SSSR count). The molecule has 0 saturated carbocycles. The molecular weight excluding hydrogens is 502 g/mol. The molecular formula is C36H27N5. The van der Waals surface area contributed by atoms with Gasteiger partial charge in [-0.25, -0.2) is 0 Å². The van der Waals surface area contributed by atoms with Gasteiger partial charge in [-0.3, -0.25) is 0 Å². The monoisotopic (exact) mass is 529 g/mol. The molecule has 0 fully saturated rings. The number of aromatic nitrogens is 3. The maximum Gasteiger partial charge on any atom is 0.181 e. The van der Waals surface area contributed by atoms with Crippen molar-refractivity contribution in [2.45, 2.75) is 6.29 Å². The lowest BCUT2D eigenvalue weighted by Crippen LogP contribution is -2.28. The van der Waals surface area contributed by atoms with Gasteiger partial charge in [0.2, 0.25) is 0 Å². The van der Waals surface area contributed by atoms with Gasteiger partial charge in [0.05, 0.1) is 27.6 Å². The normalized spacial score (nSPS) is 15.2. The first kappa shape index (κ1) is 22.4. The summed E-state index contributed by atoms with van der Waals surface area (Å²) in [4.78, 5) is 2.19. The van der Waals surface area contributed by atoms with Gasteiger partial charge < -0.3 is 23.9 Å². The van der Waals surface area contributed by atoms with Crippen molar-refractivity contribution in [2.24, 2.45) is 0 Å². The summed E-state index contributed by atoms with van der Waals surface area (Å²) >= 11 is 0. The lowest BCUT2D eigenvalue weighted by molar-refractivity contribution is 0.252. The Bertz CT molecular complexity index is 2280. The van der Waals surface area contributed by atoms with E-state index in [1.165, 1.54) is 54.5 Å². The largest absolute Gasteiger partial charge is 0.353 e. The van der Waals surface area contributed by atoms with Crippen LogP contribution in [-0.2, 0) is 0 Å². The van der Waals surface area contributed by atoms with Crippen molar-refractivity contribution in [1.29, 1.82) is 0 Å². The van der Waals surface area contributed by atoms with E-state index in [-0.39, 0.29) is 6.29 Å². The number of benzene rings is 5. The molecule has 0 bridgehead atoms. The van der Waals surface area contributed by atoms with Gasteiger partial charge in [-0.15, -0.1) is 0 Å². The maximum absolute atomic E-state index is 3.47. The van der Waals surface area contributed by atoms with Gasteiger partial charge >= 0.3 is 0 Å². The number of hydrogen-bond donors (Lipinski definition) is 1. The van der Waals surface area contributed by atoms with Gasteiger partial charge in [0, 0.05) is 58.6 Å². The van der Waals surface area contributed by atoms with Crippen molar-refractivity contribution in [2.75, 3.05) is 7.05 Å². The van der Waals surface area contributed by atoms with E-state index in [4.69, 9.17) is 0 Å². The summed E-state index contributed by atoms with van der Waals surface area (Å²) in [5.41, 5.74) is 8.34. The minimum atomic E-state index is 0.0582. The molecule has 1 N–H and O–H groups in total. The summed E-state index contributed by atoms with van der Waals surface area (Å²) in [6.07, 6.45) is 6.30. The summed E-state index contributed by atoms with van der Waals surface area (Å²) in [5.74, 6) is 0. The average Bonchev–Trinajstić information content (AvgIpc) is 3.78. The lowest BCUT2D eigenvalue weighted by Gasteiger charge is -2.23. The predicted octanol–water partition coefficient (Wildman–Crippen LogP) is 8.30. The van der Waals surface area contributed by atoms with E-state index in [2.05, 4.69) is 159 Å². The highest BCUT2D eigenvalue weighted by molar-refractivity contribution is 6.12. The van der Waals surface area contributed by atoms with Crippen molar-refractivity contribution >= 4 is 54.5 Å². The standard InChI is InChI=1S/C36H27N5/c1-38-21-19-37-36(38)39-20-18-24-14-15-25(22-34(24)39)41-33-13-7-4-10-29(33)30-17-16-26(23-35(30)41)40-31-11-5-2-8-27(31)28-9-3-6-12-32(28)40/h2-23,36-37H,1H3. The molecule has 5 aromatic carbocycles. The van der Waals surface area contributed by atoms with Gasteiger partial charge in [0.15, 0.2) is 6.29 Å². The summed E-state index contributed by atoms with van der Waals surface area (Å²) in [6, 6.07) is 42.0. The molecule has 0 spiro atoms. The Kier molecular flexibility index (Phi) is 4.53. The third-order valence-electron chi connectivity index (χ3n) is 8.66. The topological polar surface area (TPSA) is 30.1 Å². The van der Waals surface area contributed by atoms with Gasteiger partial charge in [-0.2, -0.15) is 0 Å². The Morgan fingerprint density at radius 1 is 0.537 bits per heavy atom. The highest BCUT2D eigenvalue weighted by atomic mass is 15.4. The highest BCUT2D eigenvalue weighted by Gasteiger charge is 2.20. The van der Waals surface area contributed by atoms with Crippen LogP contribution in [0.4, 0.5) is 0 Å². The van der Waals surface area contributed by atoms with E-state index in [9.17, 15) is 0 Å². The predicted molar refractivity (Wildman–Crippen MR) is 170 cm³/mol. The Balaban J connectivity index is 1.32. The fourth-order valence-corrected chi connectivity index (χ4v) is 6.79. The molecule has 0 radical (unpaired) electrons. The van der Waals surface area contributed by atoms with E-state index in [0.29, 0.717) is 0 Å². The van der Waals surface area contributed by atoms with Gasteiger partial charge in [0.25, 0.3) is 0 Å². The fourth-order valence-electron chi connectivity index (χ4n) is 6.79. The Morgan fingerprint density at radius 3 is 1.68 bits per heavy atom. The smallest absolute Gasteiger partial charge is 0.181 e. The summed E-state index contributed by atoms with van der Waals surface area (Å²) in [7, 11) is 2.10. The first-order valence-corrected chi connectivity index (χ1v) is 14.0. The third-order valence-corrected chi connectivity index (χ3v) is 8.66. The number of rotatable bonds is 3. The number of fused-ring (bicyclic) bond motifs is 7. The van der Waals surface area contributed by atoms with E-state index in [0.717, 1.165) is 11.4 Å². The number of hydrogen-bond acceptors (Lipinski definition) is 2. The molecule has 5 heteroatoms. The first-order chi connectivity index (χ1) is 20.3. The maximum atomic E-state index is 3.47. The first-order valence-electron chi connectivity index (χ1n) is 14.0. The number of para-hydroxylation sites is 3. The van der Waals surface area contributed by atoms with Crippen LogP contribution >= 0.6 is 0 Å². The van der Waals surface area contributed by atoms with Crippen molar-refractivity contribution in [1.82, 2.24) is 23.9 Å². The average molecular weight is 530 g/mol. The molecule has 0 aliphatic carbocycles. The zero-order valence-corrected chi connectivity index (χ0v) is 22.6. The van der Waals surface area contributed by atoms with E-state index in [1.54, 1.807) is 0 Å². The van der Waals surface area contributed by atoms with Gasteiger partial charge in [0.1, 0.15) is 0 Å². The summed E-state index contributed by atoms with van der Waals surface area (Å²) in [5, 5.41) is 9.75. The minimum Gasteiger partial charge on any atom is -0.353 e.